The van der Waals surface area contributed by atoms with E-state index in [1.807, 2.05) is 6.07 Å². The Morgan fingerprint density at radius 2 is 1.76 bits per heavy atom. The molecule has 1 atom stereocenters. The molecule has 4 nitrogen and oxygen atoms in total. The number of para-hydroxylation sites is 1. The van der Waals surface area contributed by atoms with Crippen LogP contribution >= 0.6 is 19.5 Å². The minimum atomic E-state index is -3.48. The molecule has 2 aromatic carbocycles. The third-order valence-corrected chi connectivity index (χ3v) is 5.85. The van der Waals surface area contributed by atoms with Crippen LogP contribution in [0.4, 0.5) is 0 Å². The van der Waals surface area contributed by atoms with E-state index in [4.69, 9.17) is 16.1 Å². The minimum Gasteiger partial charge on any atom is -0.625 e. The topological polar surface area (TPSA) is 52.6 Å². The van der Waals surface area contributed by atoms with Gasteiger partial charge in [-0.3, -0.25) is 4.79 Å². The van der Waals surface area contributed by atoms with Crippen LogP contribution in [0, 0.1) is 0 Å². The van der Waals surface area contributed by atoms with Crippen molar-refractivity contribution in [1.29, 1.82) is 0 Å². The smallest absolute Gasteiger partial charge is 0.292 e. The number of carbonyl (C=O) groups is 1. The lowest BCUT2D eigenvalue weighted by Crippen LogP contribution is -2.47. The maximum absolute atomic E-state index is 13.4. The molecule has 21 heavy (non-hydrogen) atoms. The number of halogens is 1. The number of hydrogen-bond acceptors (Lipinski definition) is 3. The van der Waals surface area contributed by atoms with Gasteiger partial charge in [0, 0.05) is 5.88 Å². The van der Waals surface area contributed by atoms with E-state index >= 15 is 0 Å². The Kier molecular flexibility index (Phi) is 3.85. The lowest BCUT2D eigenvalue weighted by Gasteiger charge is -2.40. The Bertz CT molecular complexity index is 667. The van der Waals surface area contributed by atoms with Crippen molar-refractivity contribution in [3.8, 4) is 5.75 Å². The van der Waals surface area contributed by atoms with Crippen LogP contribution < -0.4 is 14.7 Å². The molecule has 6 heteroatoms. The van der Waals surface area contributed by atoms with Gasteiger partial charge in [0.25, 0.3) is 13.8 Å². The second kappa shape index (κ2) is 5.64. The first kappa shape index (κ1) is 14.3. The molecule has 1 heterocycles. The van der Waals surface area contributed by atoms with Gasteiger partial charge in [0.1, 0.15) is 0 Å². The van der Waals surface area contributed by atoms with Crippen LogP contribution in [0.1, 0.15) is 10.4 Å². The highest BCUT2D eigenvalue weighted by molar-refractivity contribution is 7.70. The zero-order valence-electron chi connectivity index (χ0n) is 11.1. The predicted octanol–water partition coefficient (Wildman–Crippen LogP) is 2.21. The van der Waals surface area contributed by atoms with Crippen LogP contribution in [0.25, 0.3) is 0 Å². The highest BCUT2D eigenvalue weighted by Gasteiger charge is 2.49. The molecule has 0 fully saturated rings. The maximum atomic E-state index is 13.4. The molecule has 0 saturated carbocycles. The monoisotopic (exact) mass is 321 g/mol. The average Bonchev–Trinajstić information content (AvgIpc) is 2.52. The molecule has 0 aromatic heterocycles. The summed E-state index contributed by atoms with van der Waals surface area (Å²) in [7, 11) is -3.48. The van der Waals surface area contributed by atoms with E-state index in [2.05, 4.69) is 0 Å². The molecule has 2 aromatic rings. The van der Waals surface area contributed by atoms with Crippen LogP contribution in [-0.4, -0.2) is 23.0 Å². The summed E-state index contributed by atoms with van der Waals surface area (Å²) in [5, 5.41) is 0.484. The molecule has 1 amide bonds. The number of rotatable bonds is 3. The summed E-state index contributed by atoms with van der Waals surface area (Å²) < 4.78 is 6.99. The lowest BCUT2D eigenvalue weighted by atomic mass is 10.2. The summed E-state index contributed by atoms with van der Waals surface area (Å²) in [5.41, 5.74) is 0.407. The number of fused-ring (bicyclic) bond motifs is 1. The molecule has 0 saturated heterocycles. The van der Waals surface area contributed by atoms with Crippen molar-refractivity contribution in [3.05, 3.63) is 60.2 Å². The van der Waals surface area contributed by atoms with E-state index in [0.717, 1.165) is 0 Å². The predicted molar refractivity (Wildman–Crippen MR) is 81.8 cm³/mol. The SMILES string of the molecule is O=C1c2ccccc2O[P+]([O-])(c2ccccc2)N1CCCl. The Morgan fingerprint density at radius 1 is 1.10 bits per heavy atom. The Labute approximate surface area is 128 Å². The second-order valence-corrected chi connectivity index (χ2v) is 7.16. The van der Waals surface area contributed by atoms with Crippen molar-refractivity contribution in [3.63, 3.8) is 0 Å². The van der Waals surface area contributed by atoms with Gasteiger partial charge in [0.15, 0.2) is 11.1 Å². The summed E-state index contributed by atoms with van der Waals surface area (Å²) in [5.74, 6) is 0.221. The number of benzene rings is 2. The van der Waals surface area contributed by atoms with E-state index in [1.54, 1.807) is 48.5 Å². The van der Waals surface area contributed by atoms with Crippen LogP contribution in [0.3, 0.4) is 0 Å². The van der Waals surface area contributed by atoms with Gasteiger partial charge < -0.3 is 9.42 Å². The summed E-state index contributed by atoms with van der Waals surface area (Å²) in [6.45, 7) is 0.168. The van der Waals surface area contributed by atoms with Gasteiger partial charge in [-0.15, -0.1) is 11.6 Å². The number of alkyl halides is 1. The molecule has 0 radical (unpaired) electrons. The first-order chi connectivity index (χ1) is 10.2. The van der Waals surface area contributed by atoms with E-state index in [0.29, 0.717) is 16.6 Å². The molecule has 108 valence electrons. The number of amides is 1. The normalized spacial score (nSPS) is 20.9. The molecule has 0 N–H and O–H groups in total. The van der Waals surface area contributed by atoms with Gasteiger partial charge in [-0.2, -0.15) is 4.67 Å². The third-order valence-electron chi connectivity index (χ3n) is 3.27. The number of hydrogen-bond donors (Lipinski definition) is 0. The van der Waals surface area contributed by atoms with Crippen LogP contribution in [0.2, 0.25) is 0 Å². The Hall–Kier alpha value is -1.61. The Morgan fingerprint density at radius 3 is 2.48 bits per heavy atom. The zero-order chi connectivity index (χ0) is 14.9. The third kappa shape index (κ3) is 2.40. The van der Waals surface area contributed by atoms with Crippen LogP contribution in [0.5, 0.6) is 5.75 Å². The highest BCUT2D eigenvalue weighted by Crippen LogP contribution is 2.57. The number of nitrogens with zero attached hydrogens (tertiary/aromatic N) is 1. The minimum absolute atomic E-state index is 0.168. The zero-order valence-corrected chi connectivity index (χ0v) is 12.8. The summed E-state index contributed by atoms with van der Waals surface area (Å²) in [6.07, 6.45) is 0. The van der Waals surface area contributed by atoms with Crippen molar-refractivity contribution >= 4 is 30.7 Å². The van der Waals surface area contributed by atoms with Gasteiger partial charge in [0.05, 0.1) is 12.1 Å². The highest BCUT2D eigenvalue weighted by atomic mass is 35.5. The molecule has 3 rings (SSSR count). The summed E-state index contributed by atoms with van der Waals surface area (Å²) >= 11 is 5.77. The van der Waals surface area contributed by atoms with Gasteiger partial charge >= 0.3 is 0 Å². The van der Waals surface area contributed by atoms with Crippen LogP contribution in [0.15, 0.2) is 54.6 Å². The molecule has 0 aliphatic carbocycles. The Balaban J connectivity index is 2.13. The largest absolute Gasteiger partial charge is 0.625 e. The van der Waals surface area contributed by atoms with E-state index in [9.17, 15) is 9.69 Å². The van der Waals surface area contributed by atoms with Crippen molar-refractivity contribution in [2.75, 3.05) is 12.4 Å². The van der Waals surface area contributed by atoms with Crippen molar-refractivity contribution in [2.45, 2.75) is 0 Å². The maximum Gasteiger partial charge on any atom is 0.292 e. The quantitative estimate of drug-likeness (QED) is 0.643. The average molecular weight is 322 g/mol. The molecule has 1 unspecified atom stereocenters. The molecule has 0 bridgehead atoms. The summed E-state index contributed by atoms with van der Waals surface area (Å²) in [4.78, 5) is 26.0. The van der Waals surface area contributed by atoms with Gasteiger partial charge in [-0.1, -0.05) is 30.3 Å². The molecule has 1 aliphatic heterocycles. The van der Waals surface area contributed by atoms with Crippen LogP contribution in [-0.2, 0) is 0 Å². The number of carbonyl (C=O) groups excluding carboxylic acids is 1. The van der Waals surface area contributed by atoms with Gasteiger partial charge in [-0.25, -0.2) is 0 Å². The first-order valence-electron chi connectivity index (χ1n) is 6.49. The van der Waals surface area contributed by atoms with Crippen molar-refractivity contribution in [2.24, 2.45) is 0 Å². The van der Waals surface area contributed by atoms with E-state index in [-0.39, 0.29) is 18.3 Å². The lowest BCUT2D eigenvalue weighted by molar-refractivity contribution is -0.192. The van der Waals surface area contributed by atoms with Crippen molar-refractivity contribution in [1.82, 2.24) is 4.67 Å². The molecular weight excluding hydrogens is 309 g/mol. The van der Waals surface area contributed by atoms with E-state index in [1.165, 1.54) is 4.67 Å². The molecular formula is C15H13ClNO3P. The fraction of sp³-hybridized carbons (Fsp3) is 0.133. The molecule has 0 spiro atoms. The molecule has 1 aliphatic rings. The summed E-state index contributed by atoms with van der Waals surface area (Å²) in [6, 6.07) is 15.6. The van der Waals surface area contributed by atoms with Gasteiger partial charge in [-0.05, 0) is 24.3 Å². The van der Waals surface area contributed by atoms with Crippen molar-refractivity contribution < 1.29 is 14.2 Å². The first-order valence-corrected chi connectivity index (χ1v) is 8.60. The fourth-order valence-corrected chi connectivity index (χ4v) is 4.74. The van der Waals surface area contributed by atoms with Gasteiger partial charge in [0.2, 0.25) is 0 Å². The standard InChI is InChI=1S/C15H13ClNO3P/c16-10-11-17-15(18)13-8-4-5-9-14(13)20-21(17,19)12-6-2-1-3-7-12/h1-9H,10-11H2. The van der Waals surface area contributed by atoms with E-state index < -0.39 is 7.87 Å². The second-order valence-electron chi connectivity index (χ2n) is 4.56. The fourth-order valence-electron chi connectivity index (χ4n) is 2.29.